The molecule has 112 valence electrons. The van der Waals surface area contributed by atoms with Crippen LogP contribution in [0.4, 0.5) is 0 Å². The molecule has 5 heteroatoms. The van der Waals surface area contributed by atoms with Crippen LogP contribution in [0.1, 0.15) is 24.8 Å². The molecule has 1 aliphatic rings. The van der Waals surface area contributed by atoms with E-state index < -0.39 is 0 Å². The third-order valence-corrected chi connectivity index (χ3v) is 3.87. The first kappa shape index (κ1) is 15.4. The second-order valence-electron chi connectivity index (χ2n) is 5.06. The molecular weight excluding hydrogens is 276 g/mol. The van der Waals surface area contributed by atoms with Crippen molar-refractivity contribution in [2.45, 2.75) is 25.8 Å². The van der Waals surface area contributed by atoms with Gasteiger partial charge in [-0.15, -0.1) is 0 Å². The first-order valence-electron chi connectivity index (χ1n) is 7.16. The summed E-state index contributed by atoms with van der Waals surface area (Å²) in [5.41, 5.74) is 6.56. The summed E-state index contributed by atoms with van der Waals surface area (Å²) in [5.74, 6) is 1.27. The lowest BCUT2D eigenvalue weighted by molar-refractivity contribution is 0.254. The lowest BCUT2D eigenvalue weighted by Crippen LogP contribution is -2.22. The quantitative estimate of drug-likeness (QED) is 0.786. The maximum Gasteiger partial charge on any atom is 0.179 e. The summed E-state index contributed by atoms with van der Waals surface area (Å²) < 4.78 is 11.1. The van der Waals surface area contributed by atoms with Crippen LogP contribution in [0.5, 0.6) is 11.5 Å². The van der Waals surface area contributed by atoms with Gasteiger partial charge in [-0.05, 0) is 50.0 Å². The van der Waals surface area contributed by atoms with Crippen LogP contribution < -0.4 is 15.2 Å². The number of ether oxygens (including phenoxy) is 2. The number of benzene rings is 1. The van der Waals surface area contributed by atoms with Gasteiger partial charge in [0.25, 0.3) is 0 Å². The van der Waals surface area contributed by atoms with Gasteiger partial charge in [0.05, 0.1) is 18.7 Å². The van der Waals surface area contributed by atoms with Gasteiger partial charge in [0.1, 0.15) is 0 Å². The zero-order valence-electron chi connectivity index (χ0n) is 12.0. The van der Waals surface area contributed by atoms with E-state index in [2.05, 4.69) is 4.90 Å². The molecule has 20 heavy (non-hydrogen) atoms. The average Bonchev–Trinajstić information content (AvgIpc) is 2.97. The van der Waals surface area contributed by atoms with Crippen LogP contribution in [0.15, 0.2) is 12.1 Å². The minimum Gasteiger partial charge on any atom is -0.493 e. The van der Waals surface area contributed by atoms with Gasteiger partial charge in [0.15, 0.2) is 11.5 Å². The second-order valence-corrected chi connectivity index (χ2v) is 5.47. The monoisotopic (exact) mass is 298 g/mol. The third kappa shape index (κ3) is 4.01. The third-order valence-electron chi connectivity index (χ3n) is 3.59. The van der Waals surface area contributed by atoms with E-state index in [0.717, 1.165) is 18.5 Å². The molecule has 1 aliphatic heterocycles. The number of rotatable bonds is 7. The highest BCUT2D eigenvalue weighted by molar-refractivity contribution is 6.32. The maximum atomic E-state index is 6.23. The van der Waals surface area contributed by atoms with Crippen molar-refractivity contribution in [3.05, 3.63) is 22.7 Å². The lowest BCUT2D eigenvalue weighted by Gasteiger charge is -2.16. The number of nitrogens with zero attached hydrogens (tertiary/aromatic N) is 1. The normalized spacial score (nSPS) is 15.6. The molecule has 0 atom stereocenters. The minimum atomic E-state index is 0.436. The molecule has 1 aromatic carbocycles. The van der Waals surface area contributed by atoms with Crippen LogP contribution in [0.2, 0.25) is 5.02 Å². The Balaban J connectivity index is 1.87. The Morgan fingerprint density at radius 1 is 1.30 bits per heavy atom. The van der Waals surface area contributed by atoms with Crippen molar-refractivity contribution < 1.29 is 9.47 Å². The molecule has 1 fully saturated rings. The summed E-state index contributed by atoms with van der Waals surface area (Å²) in [6.07, 6.45) is 3.64. The molecule has 1 saturated heterocycles. The SMILES string of the molecule is COc1cc(CN)cc(Cl)c1OCCCN1CCCC1. The van der Waals surface area contributed by atoms with E-state index in [1.807, 2.05) is 12.1 Å². The van der Waals surface area contributed by atoms with E-state index in [9.17, 15) is 0 Å². The molecule has 0 aliphatic carbocycles. The summed E-state index contributed by atoms with van der Waals surface area (Å²) in [4.78, 5) is 2.47. The van der Waals surface area contributed by atoms with Gasteiger partial charge in [0.2, 0.25) is 0 Å². The molecule has 0 aromatic heterocycles. The Kier molecular flexibility index (Phi) is 5.95. The minimum absolute atomic E-state index is 0.436. The predicted molar refractivity (Wildman–Crippen MR) is 81.7 cm³/mol. The largest absolute Gasteiger partial charge is 0.493 e. The first-order valence-corrected chi connectivity index (χ1v) is 7.54. The zero-order valence-corrected chi connectivity index (χ0v) is 12.8. The molecule has 1 aromatic rings. The highest BCUT2D eigenvalue weighted by Crippen LogP contribution is 2.36. The standard InChI is InChI=1S/C15H23ClN2O2/c1-19-14-10-12(11-17)9-13(16)15(14)20-8-4-7-18-5-2-3-6-18/h9-10H,2-8,11,17H2,1H3. The Labute approximate surface area is 125 Å². The van der Waals surface area contributed by atoms with Crippen molar-refractivity contribution in [3.63, 3.8) is 0 Å². The van der Waals surface area contributed by atoms with Crippen molar-refractivity contribution in [2.24, 2.45) is 5.73 Å². The fraction of sp³-hybridized carbons (Fsp3) is 0.600. The molecule has 0 saturated carbocycles. The van der Waals surface area contributed by atoms with E-state index in [4.69, 9.17) is 26.8 Å². The topological polar surface area (TPSA) is 47.7 Å². The average molecular weight is 299 g/mol. The molecule has 0 unspecified atom stereocenters. The summed E-state index contributed by atoms with van der Waals surface area (Å²) in [6.45, 7) is 4.60. The Morgan fingerprint density at radius 3 is 2.70 bits per heavy atom. The molecule has 0 spiro atoms. The molecule has 0 radical (unpaired) electrons. The number of methoxy groups -OCH3 is 1. The number of likely N-dealkylation sites (tertiary alicyclic amines) is 1. The lowest BCUT2D eigenvalue weighted by atomic mass is 10.2. The summed E-state index contributed by atoms with van der Waals surface area (Å²) in [5, 5.41) is 0.561. The van der Waals surface area contributed by atoms with Crippen LogP contribution >= 0.6 is 11.6 Å². The van der Waals surface area contributed by atoms with Crippen LogP contribution in [-0.4, -0.2) is 38.3 Å². The highest BCUT2D eigenvalue weighted by Gasteiger charge is 2.13. The van der Waals surface area contributed by atoms with E-state index in [0.29, 0.717) is 29.7 Å². The van der Waals surface area contributed by atoms with E-state index in [1.54, 1.807) is 7.11 Å². The van der Waals surface area contributed by atoms with E-state index in [1.165, 1.54) is 25.9 Å². The van der Waals surface area contributed by atoms with Gasteiger partial charge in [-0.2, -0.15) is 0 Å². The van der Waals surface area contributed by atoms with Crippen LogP contribution in [0.25, 0.3) is 0 Å². The summed E-state index contributed by atoms with van der Waals surface area (Å²) >= 11 is 6.23. The maximum absolute atomic E-state index is 6.23. The smallest absolute Gasteiger partial charge is 0.179 e. The summed E-state index contributed by atoms with van der Waals surface area (Å²) in [6, 6.07) is 3.71. The van der Waals surface area contributed by atoms with Crippen LogP contribution in [0, 0.1) is 0 Å². The van der Waals surface area contributed by atoms with Gasteiger partial charge in [0, 0.05) is 13.1 Å². The Bertz CT molecular complexity index is 434. The fourth-order valence-electron chi connectivity index (χ4n) is 2.50. The zero-order chi connectivity index (χ0) is 14.4. The Hall–Kier alpha value is -0.970. The Morgan fingerprint density at radius 2 is 2.05 bits per heavy atom. The molecular formula is C15H23ClN2O2. The van der Waals surface area contributed by atoms with E-state index in [-0.39, 0.29) is 0 Å². The molecule has 0 amide bonds. The van der Waals surface area contributed by atoms with Gasteiger partial charge in [-0.25, -0.2) is 0 Å². The molecule has 0 bridgehead atoms. The van der Waals surface area contributed by atoms with Crippen LogP contribution in [0.3, 0.4) is 0 Å². The van der Waals surface area contributed by atoms with Crippen molar-refractivity contribution in [2.75, 3.05) is 33.4 Å². The van der Waals surface area contributed by atoms with Crippen molar-refractivity contribution >= 4 is 11.6 Å². The predicted octanol–water partition coefficient (Wildman–Crippen LogP) is 2.67. The van der Waals surface area contributed by atoms with Crippen molar-refractivity contribution in [1.82, 2.24) is 4.90 Å². The van der Waals surface area contributed by atoms with Gasteiger partial charge < -0.3 is 20.1 Å². The van der Waals surface area contributed by atoms with Gasteiger partial charge in [-0.1, -0.05) is 11.6 Å². The number of halogens is 1. The number of hydrogen-bond acceptors (Lipinski definition) is 4. The summed E-state index contributed by atoms with van der Waals surface area (Å²) in [7, 11) is 1.61. The molecule has 1 heterocycles. The second kappa shape index (κ2) is 7.72. The van der Waals surface area contributed by atoms with Crippen LogP contribution in [-0.2, 0) is 6.54 Å². The molecule has 2 rings (SSSR count). The molecule has 2 N–H and O–H groups in total. The first-order chi connectivity index (χ1) is 9.74. The van der Waals surface area contributed by atoms with E-state index >= 15 is 0 Å². The number of nitrogens with two attached hydrogens (primary N) is 1. The van der Waals surface area contributed by atoms with Gasteiger partial charge >= 0.3 is 0 Å². The van der Waals surface area contributed by atoms with Crippen molar-refractivity contribution in [1.29, 1.82) is 0 Å². The highest BCUT2D eigenvalue weighted by atomic mass is 35.5. The van der Waals surface area contributed by atoms with Gasteiger partial charge in [-0.3, -0.25) is 0 Å². The number of hydrogen-bond donors (Lipinski definition) is 1. The fourth-order valence-corrected chi connectivity index (χ4v) is 2.79. The van der Waals surface area contributed by atoms with Crippen molar-refractivity contribution in [3.8, 4) is 11.5 Å². The molecule has 4 nitrogen and oxygen atoms in total.